The number of urea groups is 1. The van der Waals surface area contributed by atoms with Crippen LogP contribution in [0.15, 0.2) is 30.5 Å². The van der Waals surface area contributed by atoms with Gasteiger partial charge in [0, 0.05) is 24.5 Å². The summed E-state index contributed by atoms with van der Waals surface area (Å²) in [7, 11) is 0. The lowest BCUT2D eigenvalue weighted by Gasteiger charge is -2.45. The second-order valence-electron chi connectivity index (χ2n) is 9.76. The molecule has 3 aliphatic heterocycles. The molecule has 3 atom stereocenters. The summed E-state index contributed by atoms with van der Waals surface area (Å²) in [5, 5.41) is 12.6. The van der Waals surface area contributed by atoms with Gasteiger partial charge in [0.15, 0.2) is 5.54 Å². The SMILES string of the molecule is CC(C)(C)CC(=O)N1C[C@@H]2C[C@H]1[C@@]1(c3ccc(C#N)c4ncccc34)C(=O)NC(=O)N21. The predicted molar refractivity (Wildman–Crippen MR) is 111 cm³/mol. The standard InChI is InChI=1S/C23H23N5O3/c1-22(2,3)10-18(29)27-12-14-9-17(27)23(20(30)26-21(31)28(14)23)16-7-6-13(11-24)19-15(16)5-4-8-25-19/h4-8,14,17H,9-10,12H2,1-3H3,(H,26,30,31)/t14-,17-,23-/m0/s1. The minimum atomic E-state index is -1.32. The van der Waals surface area contributed by atoms with Crippen LogP contribution in [-0.2, 0) is 15.1 Å². The van der Waals surface area contributed by atoms with Crippen molar-refractivity contribution in [1.29, 1.82) is 5.26 Å². The van der Waals surface area contributed by atoms with Crippen LogP contribution in [0.1, 0.15) is 44.7 Å². The summed E-state index contributed by atoms with van der Waals surface area (Å²) in [4.78, 5) is 47.2. The Bertz CT molecular complexity index is 1190. The number of nitrogens with zero attached hydrogens (tertiary/aromatic N) is 4. The van der Waals surface area contributed by atoms with Crippen LogP contribution in [0.2, 0.25) is 0 Å². The number of pyridine rings is 1. The summed E-state index contributed by atoms with van der Waals surface area (Å²) in [6, 6.07) is 7.96. The van der Waals surface area contributed by atoms with Crippen LogP contribution in [-0.4, -0.2) is 51.3 Å². The Morgan fingerprint density at radius 2 is 2.10 bits per heavy atom. The monoisotopic (exact) mass is 417 g/mol. The molecule has 1 aromatic carbocycles. The number of carbonyl (C=O) groups excluding carboxylic acids is 3. The molecule has 1 N–H and O–H groups in total. The highest BCUT2D eigenvalue weighted by Crippen LogP contribution is 2.53. The van der Waals surface area contributed by atoms with E-state index in [1.54, 1.807) is 34.2 Å². The molecule has 31 heavy (non-hydrogen) atoms. The van der Waals surface area contributed by atoms with Crippen molar-refractivity contribution in [2.24, 2.45) is 5.41 Å². The number of fused-ring (bicyclic) bond motifs is 6. The fourth-order valence-electron chi connectivity index (χ4n) is 5.54. The molecule has 4 amide bonds. The van der Waals surface area contributed by atoms with Gasteiger partial charge in [-0.2, -0.15) is 5.26 Å². The van der Waals surface area contributed by atoms with Gasteiger partial charge in [0.2, 0.25) is 5.91 Å². The van der Waals surface area contributed by atoms with Gasteiger partial charge in [-0.1, -0.05) is 32.9 Å². The molecule has 8 heteroatoms. The number of likely N-dealkylation sites (tertiary alicyclic amines) is 1. The highest BCUT2D eigenvalue weighted by Gasteiger charge is 2.71. The molecule has 4 heterocycles. The maximum absolute atomic E-state index is 13.4. The first-order chi connectivity index (χ1) is 14.7. The molecule has 8 nitrogen and oxygen atoms in total. The van der Waals surface area contributed by atoms with Gasteiger partial charge in [0.25, 0.3) is 5.91 Å². The number of nitrogens with one attached hydrogen (secondary N) is 1. The van der Waals surface area contributed by atoms with Gasteiger partial charge in [-0.05, 0) is 29.5 Å². The molecule has 2 aromatic rings. The zero-order valence-electron chi connectivity index (χ0n) is 17.7. The summed E-state index contributed by atoms with van der Waals surface area (Å²) in [5.41, 5.74) is -0.0122. The van der Waals surface area contributed by atoms with E-state index < -0.39 is 23.5 Å². The molecule has 0 saturated carbocycles. The van der Waals surface area contributed by atoms with Crippen LogP contribution in [0, 0.1) is 16.7 Å². The van der Waals surface area contributed by atoms with Gasteiger partial charge in [0.05, 0.1) is 23.2 Å². The van der Waals surface area contributed by atoms with Crippen molar-refractivity contribution < 1.29 is 14.4 Å². The number of hydrogen-bond acceptors (Lipinski definition) is 5. The van der Waals surface area contributed by atoms with Crippen LogP contribution >= 0.6 is 0 Å². The number of nitriles is 1. The largest absolute Gasteiger partial charge is 0.334 e. The number of aromatic nitrogens is 1. The number of imide groups is 1. The predicted octanol–water partition coefficient (Wildman–Crippen LogP) is 2.27. The van der Waals surface area contributed by atoms with Crippen LogP contribution in [0.25, 0.3) is 10.9 Å². The molecule has 158 valence electrons. The van der Waals surface area contributed by atoms with Gasteiger partial charge < -0.3 is 4.90 Å². The topological polar surface area (TPSA) is 106 Å². The van der Waals surface area contributed by atoms with Crippen LogP contribution < -0.4 is 5.32 Å². The van der Waals surface area contributed by atoms with Crippen molar-refractivity contribution in [2.45, 2.75) is 51.2 Å². The minimum Gasteiger partial charge on any atom is -0.334 e. The van der Waals surface area contributed by atoms with Crippen molar-refractivity contribution >= 4 is 28.7 Å². The zero-order chi connectivity index (χ0) is 22.1. The fraction of sp³-hybridized carbons (Fsp3) is 0.435. The first-order valence-electron chi connectivity index (χ1n) is 10.4. The van der Waals surface area contributed by atoms with E-state index in [9.17, 15) is 19.6 Å². The van der Waals surface area contributed by atoms with Gasteiger partial charge in [-0.25, -0.2) is 4.79 Å². The molecule has 0 aliphatic carbocycles. The third-order valence-electron chi connectivity index (χ3n) is 6.59. The Labute approximate surface area is 179 Å². The second kappa shape index (κ2) is 6.27. The molecular formula is C23H23N5O3. The fourth-order valence-corrected chi connectivity index (χ4v) is 5.54. The Kier molecular flexibility index (Phi) is 3.94. The molecular weight excluding hydrogens is 394 g/mol. The van der Waals surface area contributed by atoms with E-state index in [0.717, 1.165) is 0 Å². The van der Waals surface area contributed by atoms with E-state index in [2.05, 4.69) is 16.4 Å². The van der Waals surface area contributed by atoms with E-state index in [0.29, 0.717) is 41.4 Å². The van der Waals surface area contributed by atoms with Gasteiger partial charge >= 0.3 is 6.03 Å². The minimum absolute atomic E-state index is 0.0118. The average molecular weight is 417 g/mol. The van der Waals surface area contributed by atoms with E-state index in [-0.39, 0.29) is 17.4 Å². The highest BCUT2D eigenvalue weighted by atomic mass is 16.2. The van der Waals surface area contributed by atoms with Crippen molar-refractivity contribution in [3.8, 4) is 6.07 Å². The maximum atomic E-state index is 13.4. The number of amides is 4. The summed E-state index contributed by atoms with van der Waals surface area (Å²) >= 11 is 0. The van der Waals surface area contributed by atoms with Gasteiger partial charge in [0.1, 0.15) is 6.07 Å². The summed E-state index contributed by atoms with van der Waals surface area (Å²) in [5.74, 6) is -0.435. The van der Waals surface area contributed by atoms with E-state index in [1.165, 1.54) is 0 Å². The molecule has 5 rings (SSSR count). The smallest absolute Gasteiger partial charge is 0.325 e. The number of carbonyl (C=O) groups is 3. The van der Waals surface area contributed by atoms with Crippen molar-refractivity contribution in [1.82, 2.24) is 20.1 Å². The number of benzene rings is 1. The number of rotatable bonds is 2. The molecule has 3 aliphatic rings. The number of hydrogen-bond donors (Lipinski definition) is 1. The Morgan fingerprint density at radius 3 is 2.81 bits per heavy atom. The lowest BCUT2D eigenvalue weighted by Crippen LogP contribution is -2.62. The average Bonchev–Trinajstić information content (AvgIpc) is 3.36. The van der Waals surface area contributed by atoms with Gasteiger partial charge in [-0.15, -0.1) is 0 Å². The van der Waals surface area contributed by atoms with Crippen LogP contribution in [0.5, 0.6) is 0 Å². The summed E-state index contributed by atoms with van der Waals surface area (Å²) in [6.45, 7) is 6.45. The summed E-state index contributed by atoms with van der Waals surface area (Å²) < 4.78 is 0. The lowest BCUT2D eigenvalue weighted by atomic mass is 9.79. The molecule has 0 unspecified atom stereocenters. The Balaban J connectivity index is 1.71. The lowest BCUT2D eigenvalue weighted by molar-refractivity contribution is -0.142. The van der Waals surface area contributed by atoms with E-state index >= 15 is 0 Å². The molecule has 0 spiro atoms. The molecule has 3 fully saturated rings. The molecule has 1 aromatic heterocycles. The van der Waals surface area contributed by atoms with E-state index in [1.807, 2.05) is 26.8 Å². The van der Waals surface area contributed by atoms with Crippen molar-refractivity contribution in [3.63, 3.8) is 0 Å². The first-order valence-corrected chi connectivity index (χ1v) is 10.4. The van der Waals surface area contributed by atoms with Crippen LogP contribution in [0.4, 0.5) is 4.79 Å². The Morgan fingerprint density at radius 1 is 1.32 bits per heavy atom. The highest BCUT2D eigenvalue weighted by molar-refractivity contribution is 6.11. The zero-order valence-corrected chi connectivity index (χ0v) is 17.7. The van der Waals surface area contributed by atoms with Gasteiger partial charge in [-0.3, -0.25) is 24.8 Å². The first kappa shape index (κ1) is 19.5. The Hall–Kier alpha value is -3.47. The second-order valence-corrected chi connectivity index (χ2v) is 9.76. The molecule has 0 radical (unpaired) electrons. The van der Waals surface area contributed by atoms with Crippen molar-refractivity contribution in [3.05, 3.63) is 41.6 Å². The van der Waals surface area contributed by atoms with Crippen molar-refractivity contribution in [2.75, 3.05) is 6.54 Å². The molecule has 2 bridgehead atoms. The van der Waals surface area contributed by atoms with E-state index in [4.69, 9.17) is 0 Å². The maximum Gasteiger partial charge on any atom is 0.325 e. The third kappa shape index (κ3) is 2.52. The third-order valence-corrected chi connectivity index (χ3v) is 6.59. The number of piperazine rings is 1. The van der Waals surface area contributed by atoms with Crippen LogP contribution in [0.3, 0.4) is 0 Å². The normalized spacial score (nSPS) is 26.9. The summed E-state index contributed by atoms with van der Waals surface area (Å²) in [6.07, 6.45) is 2.51. The quantitative estimate of drug-likeness (QED) is 0.755. The molecule has 3 saturated heterocycles.